The minimum atomic E-state index is 0.209. The van der Waals surface area contributed by atoms with E-state index in [9.17, 15) is 0 Å². The van der Waals surface area contributed by atoms with E-state index in [1.165, 1.54) is 0 Å². The average molecular weight is 280 g/mol. The van der Waals surface area contributed by atoms with Crippen LogP contribution in [0.4, 0.5) is 0 Å². The molecule has 4 heteroatoms. The molecule has 0 heterocycles. The normalized spacial score (nSPS) is 12.5. The van der Waals surface area contributed by atoms with Gasteiger partial charge in [0.15, 0.2) is 0 Å². The van der Waals surface area contributed by atoms with Gasteiger partial charge in [-0.25, -0.2) is 0 Å². The summed E-state index contributed by atoms with van der Waals surface area (Å²) in [6.45, 7) is 6.86. The first-order chi connectivity index (χ1) is 9.60. The molecule has 0 aliphatic heterocycles. The molecule has 0 aliphatic carbocycles. The largest absolute Gasteiger partial charge is 0.496 e. The Morgan fingerprint density at radius 2 is 1.95 bits per heavy atom. The Balaban J connectivity index is 2.86. The fourth-order valence-corrected chi connectivity index (χ4v) is 2.06. The lowest BCUT2D eigenvalue weighted by Crippen LogP contribution is -2.22. The molecule has 0 saturated carbocycles. The molecule has 1 aromatic carbocycles. The van der Waals surface area contributed by atoms with E-state index in [0.717, 1.165) is 36.6 Å². The van der Waals surface area contributed by atoms with Crippen LogP contribution in [0.3, 0.4) is 0 Å². The molecule has 4 nitrogen and oxygen atoms in total. The Morgan fingerprint density at radius 3 is 2.55 bits per heavy atom. The van der Waals surface area contributed by atoms with Crippen molar-refractivity contribution in [2.24, 2.45) is 0 Å². The van der Waals surface area contributed by atoms with E-state index in [2.05, 4.69) is 24.1 Å². The van der Waals surface area contributed by atoms with Gasteiger partial charge in [0.1, 0.15) is 18.1 Å². The molecule has 0 radical (unpaired) electrons. The summed E-state index contributed by atoms with van der Waals surface area (Å²) in [5.74, 6) is 1.78. The van der Waals surface area contributed by atoms with Crippen LogP contribution in [0.15, 0.2) is 18.2 Å². The number of benzene rings is 1. The Morgan fingerprint density at radius 1 is 1.25 bits per heavy atom. The zero-order valence-corrected chi connectivity index (χ0v) is 13.4. The molecule has 0 saturated heterocycles. The Kier molecular flexibility index (Phi) is 7.41. The predicted octanol–water partition coefficient (Wildman–Crippen LogP) is 2.70. The Bertz CT molecular complexity index is 394. The lowest BCUT2D eigenvalue weighted by molar-refractivity contribution is 0.256. The maximum absolute atomic E-state index is 5.93. The summed E-state index contributed by atoms with van der Waals surface area (Å²) in [5.41, 5.74) is 1.10. The van der Waals surface area contributed by atoms with Gasteiger partial charge in [0.25, 0.3) is 0 Å². The van der Waals surface area contributed by atoms with Gasteiger partial charge in [-0.05, 0) is 46.1 Å². The molecule has 0 amide bonds. The highest BCUT2D eigenvalue weighted by atomic mass is 16.5. The third kappa shape index (κ3) is 5.02. The van der Waals surface area contributed by atoms with E-state index in [0.29, 0.717) is 6.61 Å². The number of hydrogen-bond acceptors (Lipinski definition) is 4. The van der Waals surface area contributed by atoms with Crippen molar-refractivity contribution < 1.29 is 9.47 Å². The van der Waals surface area contributed by atoms with Gasteiger partial charge in [-0.2, -0.15) is 0 Å². The summed E-state index contributed by atoms with van der Waals surface area (Å²) in [7, 11) is 5.79. The molecule has 114 valence electrons. The molecule has 0 spiro atoms. The molecule has 0 aromatic heterocycles. The van der Waals surface area contributed by atoms with E-state index in [4.69, 9.17) is 9.47 Å². The van der Waals surface area contributed by atoms with E-state index < -0.39 is 0 Å². The van der Waals surface area contributed by atoms with E-state index in [1.54, 1.807) is 7.11 Å². The van der Waals surface area contributed by atoms with E-state index >= 15 is 0 Å². The second-order valence-electron chi connectivity index (χ2n) is 5.20. The number of nitrogens with one attached hydrogen (secondary N) is 1. The standard InChI is InChI=1S/C16H28N2O2/c1-6-10-17-13(2)16-14(19-5)8-7-9-15(16)20-12-11-18(3)4/h7-9,13,17H,6,10-12H2,1-5H3. The van der Waals surface area contributed by atoms with Gasteiger partial charge < -0.3 is 19.7 Å². The van der Waals surface area contributed by atoms with Crippen molar-refractivity contribution in [1.29, 1.82) is 0 Å². The minimum Gasteiger partial charge on any atom is -0.496 e. The lowest BCUT2D eigenvalue weighted by Gasteiger charge is -2.21. The molecule has 1 N–H and O–H groups in total. The lowest BCUT2D eigenvalue weighted by atomic mass is 10.1. The molecule has 0 bridgehead atoms. The van der Waals surface area contributed by atoms with Crippen molar-refractivity contribution in [3.63, 3.8) is 0 Å². The molecule has 1 aromatic rings. The van der Waals surface area contributed by atoms with Crippen LogP contribution in [0.1, 0.15) is 31.9 Å². The average Bonchev–Trinajstić information content (AvgIpc) is 2.44. The maximum atomic E-state index is 5.93. The number of hydrogen-bond donors (Lipinski definition) is 1. The Hall–Kier alpha value is -1.26. The SMILES string of the molecule is CCCNC(C)c1c(OC)cccc1OCCN(C)C. The van der Waals surface area contributed by atoms with E-state index in [-0.39, 0.29) is 6.04 Å². The van der Waals surface area contributed by atoms with Crippen molar-refractivity contribution in [1.82, 2.24) is 10.2 Å². The van der Waals surface area contributed by atoms with Crippen LogP contribution in [-0.4, -0.2) is 45.8 Å². The van der Waals surface area contributed by atoms with Crippen LogP contribution < -0.4 is 14.8 Å². The topological polar surface area (TPSA) is 33.7 Å². The van der Waals surface area contributed by atoms with E-state index in [1.807, 2.05) is 32.3 Å². The molecule has 0 fully saturated rings. The molecule has 1 rings (SSSR count). The second-order valence-corrected chi connectivity index (χ2v) is 5.20. The third-order valence-corrected chi connectivity index (χ3v) is 3.18. The fraction of sp³-hybridized carbons (Fsp3) is 0.625. The van der Waals surface area contributed by atoms with Crippen LogP contribution in [0.5, 0.6) is 11.5 Å². The van der Waals surface area contributed by atoms with Gasteiger partial charge in [-0.1, -0.05) is 13.0 Å². The summed E-state index contributed by atoms with van der Waals surface area (Å²) in [5, 5.41) is 3.49. The van der Waals surface area contributed by atoms with Crippen molar-refractivity contribution in [2.75, 3.05) is 40.9 Å². The van der Waals surface area contributed by atoms with Gasteiger partial charge in [-0.15, -0.1) is 0 Å². The number of ether oxygens (including phenoxy) is 2. The van der Waals surface area contributed by atoms with Gasteiger partial charge in [0.05, 0.1) is 12.7 Å². The number of methoxy groups -OCH3 is 1. The Labute approximate surface area is 123 Å². The smallest absolute Gasteiger partial charge is 0.127 e. The van der Waals surface area contributed by atoms with Gasteiger partial charge >= 0.3 is 0 Å². The zero-order chi connectivity index (χ0) is 15.0. The van der Waals surface area contributed by atoms with Crippen LogP contribution in [0.25, 0.3) is 0 Å². The van der Waals surface area contributed by atoms with Crippen molar-refractivity contribution >= 4 is 0 Å². The summed E-state index contributed by atoms with van der Waals surface area (Å²) in [6.07, 6.45) is 1.11. The molecular weight excluding hydrogens is 252 g/mol. The van der Waals surface area contributed by atoms with Crippen LogP contribution >= 0.6 is 0 Å². The van der Waals surface area contributed by atoms with Gasteiger partial charge in [0.2, 0.25) is 0 Å². The molecule has 20 heavy (non-hydrogen) atoms. The molecule has 1 atom stereocenters. The first-order valence-corrected chi connectivity index (χ1v) is 7.28. The van der Waals surface area contributed by atoms with Crippen LogP contribution in [0, 0.1) is 0 Å². The van der Waals surface area contributed by atoms with Crippen LogP contribution in [0.2, 0.25) is 0 Å². The highest BCUT2D eigenvalue weighted by Gasteiger charge is 2.16. The van der Waals surface area contributed by atoms with Gasteiger partial charge in [0, 0.05) is 12.6 Å². The first kappa shape index (κ1) is 16.8. The molecule has 0 aliphatic rings. The highest BCUT2D eigenvalue weighted by Crippen LogP contribution is 2.33. The van der Waals surface area contributed by atoms with Crippen LogP contribution in [-0.2, 0) is 0 Å². The number of likely N-dealkylation sites (N-methyl/N-ethyl adjacent to an activating group) is 1. The zero-order valence-electron chi connectivity index (χ0n) is 13.4. The summed E-state index contributed by atoms with van der Waals surface area (Å²) in [4.78, 5) is 2.11. The fourth-order valence-electron chi connectivity index (χ4n) is 2.06. The summed E-state index contributed by atoms with van der Waals surface area (Å²) >= 11 is 0. The monoisotopic (exact) mass is 280 g/mol. The maximum Gasteiger partial charge on any atom is 0.127 e. The number of rotatable bonds is 9. The van der Waals surface area contributed by atoms with Crippen molar-refractivity contribution in [3.05, 3.63) is 23.8 Å². The van der Waals surface area contributed by atoms with Gasteiger partial charge in [-0.3, -0.25) is 0 Å². The number of nitrogens with zero attached hydrogens (tertiary/aromatic N) is 1. The quantitative estimate of drug-likeness (QED) is 0.754. The first-order valence-electron chi connectivity index (χ1n) is 7.28. The second kappa shape index (κ2) is 8.82. The molecule has 1 unspecified atom stereocenters. The third-order valence-electron chi connectivity index (χ3n) is 3.18. The summed E-state index contributed by atoms with van der Waals surface area (Å²) < 4.78 is 11.4. The minimum absolute atomic E-state index is 0.209. The van der Waals surface area contributed by atoms with Crippen molar-refractivity contribution in [2.45, 2.75) is 26.3 Å². The highest BCUT2D eigenvalue weighted by molar-refractivity contribution is 5.46. The molecular formula is C16H28N2O2. The predicted molar refractivity (Wildman–Crippen MR) is 83.8 cm³/mol. The van der Waals surface area contributed by atoms with Crippen molar-refractivity contribution in [3.8, 4) is 11.5 Å². The summed E-state index contributed by atoms with van der Waals surface area (Å²) in [6, 6.07) is 6.18.